The Balaban J connectivity index is 1.47. The van der Waals surface area contributed by atoms with Crippen molar-refractivity contribution in [3.05, 3.63) is 66.0 Å². The summed E-state index contributed by atoms with van der Waals surface area (Å²) in [4.78, 5) is 24.5. The summed E-state index contributed by atoms with van der Waals surface area (Å²) < 4.78 is 6.98. The molecule has 9 heteroatoms. The van der Waals surface area contributed by atoms with Gasteiger partial charge < -0.3 is 19.9 Å². The predicted octanol–water partition coefficient (Wildman–Crippen LogP) is 3.36. The summed E-state index contributed by atoms with van der Waals surface area (Å²) in [7, 11) is 3.46. The summed E-state index contributed by atoms with van der Waals surface area (Å²) in [5.74, 6) is 1.83. The third kappa shape index (κ3) is 6.58. The van der Waals surface area contributed by atoms with Crippen LogP contribution in [0, 0.1) is 0 Å². The van der Waals surface area contributed by atoms with Gasteiger partial charge in [0.15, 0.2) is 11.0 Å². The Morgan fingerprint density at radius 2 is 1.78 bits per heavy atom. The lowest BCUT2D eigenvalue weighted by molar-refractivity contribution is -0.121. The number of aromatic nitrogens is 3. The molecule has 0 bridgehead atoms. The number of para-hydroxylation sites is 1. The molecule has 168 valence electrons. The summed E-state index contributed by atoms with van der Waals surface area (Å²) in [6, 6.07) is 16.5. The number of methoxy groups -OCH3 is 1. The molecular weight excluding hydrogens is 426 g/mol. The Labute approximate surface area is 191 Å². The zero-order valence-corrected chi connectivity index (χ0v) is 19.2. The molecule has 0 saturated carbocycles. The Hall–Kier alpha value is -3.33. The molecule has 0 aliphatic carbocycles. The summed E-state index contributed by atoms with van der Waals surface area (Å²) in [6.07, 6.45) is 0.625. The molecule has 0 saturated heterocycles. The molecule has 0 aliphatic heterocycles. The van der Waals surface area contributed by atoms with Crippen LogP contribution in [0.25, 0.3) is 0 Å². The second-order valence-electron chi connectivity index (χ2n) is 7.23. The van der Waals surface area contributed by atoms with Crippen molar-refractivity contribution in [2.45, 2.75) is 31.0 Å². The molecule has 2 N–H and O–H groups in total. The number of nitrogens with one attached hydrogen (secondary N) is 2. The fraction of sp³-hybridized carbons (Fsp3) is 0.304. The predicted molar refractivity (Wildman–Crippen MR) is 125 cm³/mol. The van der Waals surface area contributed by atoms with Crippen LogP contribution in [0.5, 0.6) is 5.75 Å². The molecule has 1 heterocycles. The van der Waals surface area contributed by atoms with E-state index in [0.717, 1.165) is 17.0 Å². The van der Waals surface area contributed by atoms with E-state index in [-0.39, 0.29) is 24.3 Å². The molecule has 0 fully saturated rings. The van der Waals surface area contributed by atoms with E-state index in [9.17, 15) is 9.59 Å². The molecular formula is C23H27N5O3S. The minimum absolute atomic E-state index is 0.0507. The van der Waals surface area contributed by atoms with E-state index >= 15 is 0 Å². The van der Waals surface area contributed by atoms with E-state index in [1.165, 1.54) is 11.8 Å². The zero-order valence-electron chi connectivity index (χ0n) is 18.4. The average molecular weight is 454 g/mol. The number of carbonyl (C=O) groups excluding carboxylic acids is 2. The molecule has 8 nitrogen and oxygen atoms in total. The topological polar surface area (TPSA) is 98.1 Å². The molecule has 0 spiro atoms. The lowest BCUT2D eigenvalue weighted by atomic mass is 10.1. The summed E-state index contributed by atoms with van der Waals surface area (Å²) in [5.41, 5.74) is 1.68. The van der Waals surface area contributed by atoms with Crippen LogP contribution in [0.3, 0.4) is 0 Å². The van der Waals surface area contributed by atoms with Gasteiger partial charge in [0.25, 0.3) is 0 Å². The Kier molecular flexibility index (Phi) is 8.27. The fourth-order valence-corrected chi connectivity index (χ4v) is 3.95. The second kappa shape index (κ2) is 11.3. The molecule has 2 amide bonds. The van der Waals surface area contributed by atoms with Gasteiger partial charge in [0.2, 0.25) is 11.8 Å². The minimum atomic E-state index is -0.297. The first-order valence-corrected chi connectivity index (χ1v) is 11.2. The first-order chi connectivity index (χ1) is 15.5. The van der Waals surface area contributed by atoms with E-state index in [1.807, 2.05) is 73.1 Å². The molecule has 2 aromatic carbocycles. The van der Waals surface area contributed by atoms with Crippen LogP contribution < -0.4 is 15.4 Å². The van der Waals surface area contributed by atoms with Gasteiger partial charge >= 0.3 is 0 Å². The highest BCUT2D eigenvalue weighted by Crippen LogP contribution is 2.20. The smallest absolute Gasteiger partial charge is 0.225 e. The van der Waals surface area contributed by atoms with Gasteiger partial charge in [0.1, 0.15) is 5.75 Å². The number of hydrogen-bond donors (Lipinski definition) is 2. The number of thioether (sulfide) groups is 1. The lowest BCUT2D eigenvalue weighted by Gasteiger charge is -2.14. The van der Waals surface area contributed by atoms with Crippen LogP contribution in [-0.4, -0.2) is 39.4 Å². The highest BCUT2D eigenvalue weighted by Gasteiger charge is 2.18. The van der Waals surface area contributed by atoms with Gasteiger partial charge in [-0.3, -0.25) is 9.59 Å². The third-order valence-corrected chi connectivity index (χ3v) is 5.80. The quantitative estimate of drug-likeness (QED) is 0.457. The van der Waals surface area contributed by atoms with Crippen molar-refractivity contribution in [3.63, 3.8) is 0 Å². The molecule has 0 aliphatic rings. The van der Waals surface area contributed by atoms with Crippen LogP contribution in [-0.2, 0) is 23.1 Å². The normalized spacial score (nSPS) is 11.6. The highest BCUT2D eigenvalue weighted by atomic mass is 32.2. The Morgan fingerprint density at radius 1 is 1.06 bits per heavy atom. The number of benzene rings is 2. The maximum Gasteiger partial charge on any atom is 0.225 e. The van der Waals surface area contributed by atoms with E-state index < -0.39 is 0 Å². The average Bonchev–Trinajstić information content (AvgIpc) is 3.15. The van der Waals surface area contributed by atoms with E-state index in [4.69, 9.17) is 4.74 Å². The number of amides is 2. The number of hydrogen-bond acceptors (Lipinski definition) is 6. The molecule has 0 unspecified atom stereocenters. The van der Waals surface area contributed by atoms with E-state index in [2.05, 4.69) is 20.8 Å². The van der Waals surface area contributed by atoms with Gasteiger partial charge in [0, 0.05) is 24.9 Å². The summed E-state index contributed by atoms with van der Waals surface area (Å²) >= 11 is 1.45. The number of ether oxygens (including phenoxy) is 1. The van der Waals surface area contributed by atoms with Crippen molar-refractivity contribution in [1.82, 2.24) is 20.1 Å². The number of rotatable bonds is 10. The van der Waals surface area contributed by atoms with E-state index in [0.29, 0.717) is 23.2 Å². The largest absolute Gasteiger partial charge is 0.497 e. The lowest BCUT2D eigenvalue weighted by Crippen LogP contribution is -2.29. The molecule has 3 aromatic rings. The standard InChI is InChI=1S/C23H27N5O3S/c1-16(24-21(30)15-17-9-11-19(31-3)12-10-17)22-26-27-23(28(22)2)32-14-13-20(29)25-18-7-5-4-6-8-18/h4-12,16H,13-15H2,1-3H3,(H,24,30)(H,25,29)/t16-/m1/s1. The van der Waals surface area contributed by atoms with Gasteiger partial charge in [-0.15, -0.1) is 10.2 Å². The molecule has 1 aromatic heterocycles. The van der Waals surface area contributed by atoms with Crippen molar-refractivity contribution < 1.29 is 14.3 Å². The van der Waals surface area contributed by atoms with Gasteiger partial charge in [0.05, 0.1) is 19.6 Å². The second-order valence-corrected chi connectivity index (χ2v) is 8.29. The molecule has 3 rings (SSSR count). The number of nitrogens with zero attached hydrogens (tertiary/aromatic N) is 3. The van der Waals surface area contributed by atoms with Crippen molar-refractivity contribution in [1.29, 1.82) is 0 Å². The molecule has 1 atom stereocenters. The van der Waals surface area contributed by atoms with Crippen molar-refractivity contribution in [2.24, 2.45) is 7.05 Å². The first kappa shape index (κ1) is 23.3. The van der Waals surface area contributed by atoms with Crippen LogP contribution in [0.15, 0.2) is 59.8 Å². The van der Waals surface area contributed by atoms with Crippen molar-refractivity contribution in [3.8, 4) is 5.75 Å². The first-order valence-electron chi connectivity index (χ1n) is 10.3. The fourth-order valence-electron chi connectivity index (χ4n) is 3.09. The Bertz CT molecular complexity index is 1040. The summed E-state index contributed by atoms with van der Waals surface area (Å²) in [6.45, 7) is 1.87. The minimum Gasteiger partial charge on any atom is -0.497 e. The van der Waals surface area contributed by atoms with Gasteiger partial charge in [-0.1, -0.05) is 42.1 Å². The maximum absolute atomic E-state index is 12.4. The van der Waals surface area contributed by atoms with Crippen molar-refractivity contribution >= 4 is 29.3 Å². The monoisotopic (exact) mass is 453 g/mol. The van der Waals surface area contributed by atoms with Crippen LogP contribution in [0.1, 0.15) is 30.8 Å². The SMILES string of the molecule is COc1ccc(CC(=O)N[C@H](C)c2nnc(SCCC(=O)Nc3ccccc3)n2C)cc1. The zero-order chi connectivity index (χ0) is 22.9. The summed E-state index contributed by atoms with van der Waals surface area (Å²) in [5, 5.41) is 15.0. The van der Waals surface area contributed by atoms with Gasteiger partial charge in [-0.05, 0) is 36.8 Å². The number of carbonyl (C=O) groups is 2. The van der Waals surface area contributed by atoms with E-state index in [1.54, 1.807) is 7.11 Å². The molecule has 32 heavy (non-hydrogen) atoms. The third-order valence-electron chi connectivity index (χ3n) is 4.77. The van der Waals surface area contributed by atoms with Gasteiger partial charge in [-0.2, -0.15) is 0 Å². The van der Waals surface area contributed by atoms with Crippen LogP contribution in [0.4, 0.5) is 5.69 Å². The maximum atomic E-state index is 12.4. The molecule has 0 radical (unpaired) electrons. The highest BCUT2D eigenvalue weighted by molar-refractivity contribution is 7.99. The van der Waals surface area contributed by atoms with Crippen LogP contribution in [0.2, 0.25) is 0 Å². The Morgan fingerprint density at radius 3 is 2.47 bits per heavy atom. The van der Waals surface area contributed by atoms with Gasteiger partial charge in [-0.25, -0.2) is 0 Å². The van der Waals surface area contributed by atoms with Crippen molar-refractivity contribution in [2.75, 3.05) is 18.2 Å². The number of anilines is 1. The van der Waals surface area contributed by atoms with Crippen LogP contribution >= 0.6 is 11.8 Å².